The number of hydrogen-bond acceptors (Lipinski definition) is 1. The van der Waals surface area contributed by atoms with Crippen molar-refractivity contribution in [3.8, 4) is 0 Å². The molecule has 1 aromatic rings. The summed E-state index contributed by atoms with van der Waals surface area (Å²) in [6, 6.07) is 4.47. The maximum absolute atomic E-state index is 13.1. The van der Waals surface area contributed by atoms with Gasteiger partial charge in [0.15, 0.2) is 0 Å². The lowest BCUT2D eigenvalue weighted by molar-refractivity contribution is -0.148. The van der Waals surface area contributed by atoms with Gasteiger partial charge in [-0.2, -0.15) is 0 Å². The summed E-state index contributed by atoms with van der Waals surface area (Å²) < 4.78 is 13.7. The minimum Gasteiger partial charge on any atom is -0.481 e. The Morgan fingerprint density at radius 1 is 1.58 bits per heavy atom. The zero-order valence-electron chi connectivity index (χ0n) is 11.0. The number of carboxylic acid groups (broad SMARTS) is 1. The second-order valence-electron chi connectivity index (χ2n) is 5.52. The predicted molar refractivity (Wildman–Crippen MR) is 75.5 cm³/mol. The van der Waals surface area contributed by atoms with E-state index in [2.05, 4.69) is 22.9 Å². The zero-order chi connectivity index (χ0) is 14.0. The average Bonchev–Trinajstić information content (AvgIpc) is 2.78. The summed E-state index contributed by atoms with van der Waals surface area (Å²) in [6.45, 7) is 2.11. The van der Waals surface area contributed by atoms with E-state index >= 15 is 0 Å². The summed E-state index contributed by atoms with van der Waals surface area (Å²) in [5, 5.41) is 9.59. The van der Waals surface area contributed by atoms with Gasteiger partial charge in [-0.3, -0.25) is 4.79 Å². The van der Waals surface area contributed by atoms with Crippen LogP contribution in [-0.2, 0) is 11.2 Å². The number of carboxylic acids is 1. The molecule has 1 aliphatic carbocycles. The van der Waals surface area contributed by atoms with Crippen LogP contribution < -0.4 is 0 Å². The highest BCUT2D eigenvalue weighted by Crippen LogP contribution is 2.46. The third-order valence-electron chi connectivity index (χ3n) is 4.29. The number of rotatable bonds is 4. The fraction of sp³-hybridized carbons (Fsp3) is 0.533. The van der Waals surface area contributed by atoms with Gasteiger partial charge in [0, 0.05) is 4.47 Å². The van der Waals surface area contributed by atoms with Gasteiger partial charge in [0.05, 0.1) is 5.41 Å². The van der Waals surface area contributed by atoms with E-state index in [9.17, 15) is 14.3 Å². The normalized spacial score (nSPS) is 26.6. The predicted octanol–water partition coefficient (Wildman–Crippen LogP) is 4.41. The van der Waals surface area contributed by atoms with Crippen molar-refractivity contribution in [3.05, 3.63) is 34.1 Å². The van der Waals surface area contributed by atoms with Crippen molar-refractivity contribution in [2.24, 2.45) is 11.3 Å². The van der Waals surface area contributed by atoms with Gasteiger partial charge in [-0.1, -0.05) is 35.3 Å². The van der Waals surface area contributed by atoms with Gasteiger partial charge in [-0.05, 0) is 49.3 Å². The second-order valence-corrected chi connectivity index (χ2v) is 6.37. The summed E-state index contributed by atoms with van der Waals surface area (Å²) >= 11 is 3.33. The molecule has 1 fully saturated rings. The molecule has 0 aliphatic heterocycles. The first-order valence-corrected chi connectivity index (χ1v) is 7.43. The molecule has 0 spiro atoms. The summed E-state index contributed by atoms with van der Waals surface area (Å²) in [4.78, 5) is 11.7. The number of benzene rings is 1. The van der Waals surface area contributed by atoms with Gasteiger partial charge >= 0.3 is 5.97 Å². The van der Waals surface area contributed by atoms with Crippen molar-refractivity contribution in [1.82, 2.24) is 0 Å². The Kier molecular flexibility index (Phi) is 4.29. The number of aliphatic carboxylic acids is 1. The second kappa shape index (κ2) is 5.61. The Bertz CT molecular complexity index is 489. The molecule has 4 heteroatoms. The Morgan fingerprint density at radius 3 is 2.84 bits per heavy atom. The molecule has 19 heavy (non-hydrogen) atoms. The number of hydrogen-bond donors (Lipinski definition) is 1. The largest absolute Gasteiger partial charge is 0.481 e. The minimum absolute atomic E-state index is 0.308. The van der Waals surface area contributed by atoms with Gasteiger partial charge < -0.3 is 5.11 Å². The molecular weight excluding hydrogens is 311 g/mol. The van der Waals surface area contributed by atoms with E-state index in [0.717, 1.165) is 24.8 Å². The third kappa shape index (κ3) is 2.99. The lowest BCUT2D eigenvalue weighted by Gasteiger charge is -2.25. The van der Waals surface area contributed by atoms with E-state index in [-0.39, 0.29) is 5.82 Å². The number of carbonyl (C=O) groups is 1. The molecule has 1 saturated carbocycles. The fourth-order valence-electron chi connectivity index (χ4n) is 3.05. The molecule has 1 aromatic carbocycles. The first-order valence-electron chi connectivity index (χ1n) is 6.64. The van der Waals surface area contributed by atoms with Gasteiger partial charge in [-0.15, -0.1) is 0 Å². The molecule has 1 N–H and O–H groups in total. The molecule has 0 bridgehead atoms. The molecule has 0 heterocycles. The first kappa shape index (κ1) is 14.5. The quantitative estimate of drug-likeness (QED) is 0.888. The van der Waals surface area contributed by atoms with E-state index in [1.165, 1.54) is 12.1 Å². The third-order valence-corrected chi connectivity index (χ3v) is 5.02. The van der Waals surface area contributed by atoms with Crippen molar-refractivity contribution in [2.75, 3.05) is 0 Å². The highest BCUT2D eigenvalue weighted by Gasteiger charge is 2.45. The molecule has 0 saturated heterocycles. The molecule has 2 unspecified atom stereocenters. The summed E-state index contributed by atoms with van der Waals surface area (Å²) in [5.41, 5.74) is 0.196. The maximum atomic E-state index is 13.1. The average molecular weight is 329 g/mol. The molecule has 0 amide bonds. The Labute approximate surface area is 121 Å². The van der Waals surface area contributed by atoms with Crippen molar-refractivity contribution >= 4 is 21.9 Å². The van der Waals surface area contributed by atoms with Crippen LogP contribution in [0.15, 0.2) is 22.7 Å². The molecule has 2 atom stereocenters. The van der Waals surface area contributed by atoms with Crippen LogP contribution in [0.3, 0.4) is 0 Å². The van der Waals surface area contributed by atoms with Crippen LogP contribution in [-0.4, -0.2) is 11.1 Å². The van der Waals surface area contributed by atoms with Gasteiger partial charge in [0.2, 0.25) is 0 Å². The molecule has 0 aromatic heterocycles. The zero-order valence-corrected chi connectivity index (χ0v) is 12.5. The van der Waals surface area contributed by atoms with E-state index in [4.69, 9.17) is 0 Å². The lowest BCUT2D eigenvalue weighted by atomic mass is 9.79. The van der Waals surface area contributed by atoms with Crippen LogP contribution in [0.5, 0.6) is 0 Å². The fourth-order valence-corrected chi connectivity index (χ4v) is 3.54. The Hall–Kier alpha value is -0.900. The van der Waals surface area contributed by atoms with E-state index < -0.39 is 11.4 Å². The molecule has 2 nitrogen and oxygen atoms in total. The minimum atomic E-state index is -0.723. The summed E-state index contributed by atoms with van der Waals surface area (Å²) in [7, 11) is 0. The monoisotopic (exact) mass is 328 g/mol. The first-order chi connectivity index (χ1) is 8.97. The van der Waals surface area contributed by atoms with Gasteiger partial charge in [0.25, 0.3) is 0 Å². The van der Waals surface area contributed by atoms with E-state index in [1.54, 1.807) is 6.07 Å². The lowest BCUT2D eigenvalue weighted by Crippen LogP contribution is -2.31. The van der Waals surface area contributed by atoms with Gasteiger partial charge in [0.1, 0.15) is 5.82 Å². The van der Waals surface area contributed by atoms with Crippen LogP contribution in [0, 0.1) is 17.2 Å². The Balaban J connectivity index is 2.25. The van der Waals surface area contributed by atoms with Crippen molar-refractivity contribution in [2.45, 2.75) is 39.0 Å². The molecular formula is C15H18BrFO2. The SMILES string of the molecule is CCC1CCC(Cc2ccc(F)cc2Br)(C(=O)O)C1. The van der Waals surface area contributed by atoms with Crippen LogP contribution >= 0.6 is 15.9 Å². The van der Waals surface area contributed by atoms with E-state index in [1.807, 2.05) is 0 Å². The van der Waals surface area contributed by atoms with Crippen LogP contribution in [0.1, 0.15) is 38.2 Å². The summed E-state index contributed by atoms with van der Waals surface area (Å²) in [6.07, 6.45) is 3.91. The topological polar surface area (TPSA) is 37.3 Å². The van der Waals surface area contributed by atoms with Gasteiger partial charge in [-0.25, -0.2) is 4.39 Å². The van der Waals surface area contributed by atoms with E-state index in [0.29, 0.717) is 23.2 Å². The Morgan fingerprint density at radius 2 is 2.32 bits per heavy atom. The van der Waals surface area contributed by atoms with Crippen molar-refractivity contribution < 1.29 is 14.3 Å². The molecule has 2 rings (SSSR count). The van der Waals surface area contributed by atoms with Crippen molar-refractivity contribution in [1.29, 1.82) is 0 Å². The molecule has 104 valence electrons. The van der Waals surface area contributed by atoms with Crippen molar-refractivity contribution in [3.63, 3.8) is 0 Å². The van der Waals surface area contributed by atoms with Crippen LogP contribution in [0.2, 0.25) is 0 Å². The smallest absolute Gasteiger partial charge is 0.309 e. The van der Waals surface area contributed by atoms with Crippen LogP contribution in [0.4, 0.5) is 4.39 Å². The summed E-state index contributed by atoms with van der Waals surface area (Å²) in [5.74, 6) is -0.534. The maximum Gasteiger partial charge on any atom is 0.309 e. The number of halogens is 2. The highest BCUT2D eigenvalue weighted by molar-refractivity contribution is 9.10. The molecule has 0 radical (unpaired) electrons. The van der Waals surface area contributed by atoms with Crippen LogP contribution in [0.25, 0.3) is 0 Å². The standard InChI is InChI=1S/C15H18BrFO2/c1-2-10-5-6-15(8-10,14(18)19)9-11-3-4-12(17)7-13(11)16/h3-4,7,10H,2,5-6,8-9H2,1H3,(H,18,19). The molecule has 1 aliphatic rings. The highest BCUT2D eigenvalue weighted by atomic mass is 79.9.